The summed E-state index contributed by atoms with van der Waals surface area (Å²) in [5, 5.41) is 14.6. The van der Waals surface area contributed by atoms with E-state index in [2.05, 4.69) is 34.3 Å². The van der Waals surface area contributed by atoms with E-state index in [1.54, 1.807) is 12.3 Å². The number of rotatable bonds is 6. The van der Waals surface area contributed by atoms with Crippen molar-refractivity contribution in [2.75, 3.05) is 18.5 Å². The van der Waals surface area contributed by atoms with Crippen LogP contribution in [0, 0.1) is 0 Å². The third kappa shape index (κ3) is 3.58. The summed E-state index contributed by atoms with van der Waals surface area (Å²) in [7, 11) is 0. The number of aliphatic hydroxyl groups excluding tert-OH is 1. The smallest absolute Gasteiger partial charge is 0.183 e. The molecule has 0 spiro atoms. The normalized spacial score (nSPS) is 14.4. The Hall–Kier alpha value is -2.90. The number of nitrogens with zero attached hydrogens (tertiary/aromatic N) is 3. The van der Waals surface area contributed by atoms with Gasteiger partial charge in [-0.1, -0.05) is 37.3 Å². The Labute approximate surface area is 167 Å². The second-order valence-corrected chi connectivity index (χ2v) is 7.44. The van der Waals surface area contributed by atoms with E-state index >= 15 is 0 Å². The fourth-order valence-corrected chi connectivity index (χ4v) is 3.96. The van der Waals surface area contributed by atoms with Gasteiger partial charge < -0.3 is 10.4 Å². The van der Waals surface area contributed by atoms with E-state index < -0.39 is 0 Å². The molecule has 1 aromatic carbocycles. The predicted molar refractivity (Wildman–Crippen MR) is 112 cm³/mol. The quantitative estimate of drug-likeness (QED) is 0.660. The van der Waals surface area contributed by atoms with Gasteiger partial charge in [-0.05, 0) is 11.6 Å². The third-order valence-electron chi connectivity index (χ3n) is 4.76. The van der Waals surface area contributed by atoms with Crippen molar-refractivity contribution in [1.82, 2.24) is 9.97 Å². The summed E-state index contributed by atoms with van der Waals surface area (Å²) in [6, 6.07) is 11.8. The molecular weight excluding hydrogens is 372 g/mol. The van der Waals surface area contributed by atoms with Gasteiger partial charge in [0.05, 0.1) is 13.0 Å². The zero-order valence-corrected chi connectivity index (χ0v) is 16.2. The Bertz CT molecular complexity index is 1030. The zero-order valence-electron chi connectivity index (χ0n) is 15.4. The number of hydrogen-bond acceptors (Lipinski definition) is 7. The molecule has 4 rings (SSSR count). The number of anilines is 1. The van der Waals surface area contributed by atoms with Crippen LogP contribution < -0.4 is 5.32 Å². The molecule has 1 atom stereocenters. The van der Waals surface area contributed by atoms with Crippen molar-refractivity contribution in [1.29, 1.82) is 0 Å². The van der Waals surface area contributed by atoms with Crippen LogP contribution in [0.5, 0.6) is 0 Å². The second-order valence-electron chi connectivity index (χ2n) is 6.58. The predicted octanol–water partition coefficient (Wildman–Crippen LogP) is 4.07. The molecule has 1 aliphatic heterocycles. The molecule has 1 aliphatic rings. The molecule has 1 unspecified atom stereocenters. The van der Waals surface area contributed by atoms with Crippen LogP contribution in [0.25, 0.3) is 11.4 Å². The van der Waals surface area contributed by atoms with Gasteiger partial charge in [0.15, 0.2) is 10.9 Å². The van der Waals surface area contributed by atoms with E-state index in [1.807, 2.05) is 23.6 Å². The van der Waals surface area contributed by atoms with E-state index in [0.717, 1.165) is 11.3 Å². The number of fused-ring (bicyclic) bond motifs is 1. The molecule has 0 bridgehead atoms. The molecule has 3 heterocycles. The molecule has 0 radical (unpaired) electrons. The van der Waals surface area contributed by atoms with Gasteiger partial charge in [0, 0.05) is 35.3 Å². The highest BCUT2D eigenvalue weighted by Gasteiger charge is 2.27. The summed E-state index contributed by atoms with van der Waals surface area (Å²) in [5.41, 5.74) is 4.44. The highest BCUT2D eigenvalue weighted by atomic mass is 32.1. The van der Waals surface area contributed by atoms with Crippen LogP contribution in [-0.2, 0) is 0 Å². The van der Waals surface area contributed by atoms with Gasteiger partial charge in [0.25, 0.3) is 0 Å². The summed E-state index contributed by atoms with van der Waals surface area (Å²) in [6.45, 7) is 2.54. The lowest BCUT2D eigenvalue weighted by atomic mass is 9.89. The third-order valence-corrected chi connectivity index (χ3v) is 5.56. The van der Waals surface area contributed by atoms with Crippen LogP contribution >= 0.6 is 11.3 Å². The molecule has 28 heavy (non-hydrogen) atoms. The number of pyridine rings is 1. The Morgan fingerprint density at radius 1 is 1.25 bits per heavy atom. The number of aliphatic hydroxyl groups is 1. The summed E-state index contributed by atoms with van der Waals surface area (Å²) in [4.78, 5) is 26.6. The number of aliphatic imine (C=N–C) groups is 1. The monoisotopic (exact) mass is 392 g/mol. The molecule has 0 aliphatic carbocycles. The van der Waals surface area contributed by atoms with Crippen molar-refractivity contribution in [3.63, 3.8) is 0 Å². The minimum Gasteiger partial charge on any atom is -0.395 e. The highest BCUT2D eigenvalue weighted by Crippen LogP contribution is 2.38. The van der Waals surface area contributed by atoms with Crippen LogP contribution in [0.3, 0.4) is 0 Å². The summed E-state index contributed by atoms with van der Waals surface area (Å²) in [6.07, 6.45) is 1.94. The molecule has 142 valence electrons. The largest absolute Gasteiger partial charge is 0.395 e. The second kappa shape index (κ2) is 8.00. The molecule has 0 amide bonds. The number of aromatic nitrogens is 2. The first-order valence-corrected chi connectivity index (χ1v) is 10.0. The average Bonchev–Trinajstić information content (AvgIpc) is 3.20. The van der Waals surface area contributed by atoms with Crippen LogP contribution in [-0.4, -0.2) is 39.7 Å². The number of carbonyl (C=O) groups excluding carboxylic acids is 1. The Kier molecular flexibility index (Phi) is 5.27. The standard InChI is InChI=1S/C21H20N4O2S/c1-13(14-5-3-2-4-6-14)16-11-18(27)15-7-8-22-20(19(15)24-16)17-12-28-21(25-17)23-9-10-26/h2-8,12-13,26H,9-11H2,1H3,(H,23,25). The maximum atomic E-state index is 12.8. The van der Waals surface area contributed by atoms with Crippen molar-refractivity contribution >= 4 is 33.7 Å². The van der Waals surface area contributed by atoms with Crippen LogP contribution in [0.1, 0.15) is 35.2 Å². The number of Topliss-reactive ketones (excluding diaryl/α,β-unsaturated/α-hetero) is 1. The van der Waals surface area contributed by atoms with E-state index in [9.17, 15) is 4.79 Å². The van der Waals surface area contributed by atoms with Gasteiger partial charge in [0.2, 0.25) is 0 Å². The van der Waals surface area contributed by atoms with Crippen molar-refractivity contribution in [3.8, 4) is 11.4 Å². The molecule has 0 fully saturated rings. The maximum absolute atomic E-state index is 12.8. The lowest BCUT2D eigenvalue weighted by Crippen LogP contribution is -2.19. The highest BCUT2D eigenvalue weighted by molar-refractivity contribution is 7.14. The van der Waals surface area contributed by atoms with E-state index in [4.69, 9.17) is 10.1 Å². The molecule has 3 aromatic rings. The number of ketones is 1. The van der Waals surface area contributed by atoms with Crippen molar-refractivity contribution in [2.24, 2.45) is 4.99 Å². The van der Waals surface area contributed by atoms with Crippen LogP contribution in [0.15, 0.2) is 53.0 Å². The summed E-state index contributed by atoms with van der Waals surface area (Å²) in [5.74, 6) is 0.101. The topological polar surface area (TPSA) is 87.5 Å². The first kappa shape index (κ1) is 18.5. The van der Waals surface area contributed by atoms with E-state index in [-0.39, 0.29) is 18.3 Å². The molecule has 0 saturated heterocycles. The lowest BCUT2D eigenvalue weighted by molar-refractivity contribution is 0.0999. The van der Waals surface area contributed by atoms with E-state index in [1.165, 1.54) is 11.3 Å². The Morgan fingerprint density at radius 2 is 2.07 bits per heavy atom. The Balaban J connectivity index is 1.74. The first-order chi connectivity index (χ1) is 13.7. The lowest BCUT2D eigenvalue weighted by Gasteiger charge is -2.21. The first-order valence-electron chi connectivity index (χ1n) is 9.12. The fraction of sp³-hybridized carbons (Fsp3) is 0.238. The van der Waals surface area contributed by atoms with Gasteiger partial charge in [-0.3, -0.25) is 14.8 Å². The fourth-order valence-electron chi connectivity index (χ4n) is 3.23. The number of carbonyl (C=O) groups is 1. The maximum Gasteiger partial charge on any atom is 0.183 e. The number of thiazole rings is 1. The molecular formula is C21H20N4O2S. The number of nitrogens with one attached hydrogen (secondary N) is 1. The zero-order chi connectivity index (χ0) is 19.5. The molecule has 2 aromatic heterocycles. The molecule has 6 nitrogen and oxygen atoms in total. The van der Waals surface area contributed by atoms with Gasteiger partial charge in [-0.25, -0.2) is 4.98 Å². The minimum atomic E-state index is 0.0351. The van der Waals surface area contributed by atoms with E-state index in [0.29, 0.717) is 40.7 Å². The van der Waals surface area contributed by atoms with Crippen LogP contribution in [0.4, 0.5) is 10.8 Å². The summed E-state index contributed by atoms with van der Waals surface area (Å²) < 4.78 is 0. The van der Waals surface area contributed by atoms with Crippen molar-refractivity contribution in [3.05, 3.63) is 59.1 Å². The summed E-state index contributed by atoms with van der Waals surface area (Å²) >= 11 is 1.43. The van der Waals surface area contributed by atoms with Gasteiger partial charge >= 0.3 is 0 Å². The molecule has 7 heteroatoms. The van der Waals surface area contributed by atoms with Crippen LogP contribution in [0.2, 0.25) is 0 Å². The van der Waals surface area contributed by atoms with Gasteiger partial charge in [0.1, 0.15) is 17.1 Å². The minimum absolute atomic E-state index is 0.0351. The number of hydrogen-bond donors (Lipinski definition) is 2. The SMILES string of the molecule is CC(C1=Nc2c(ccnc2-c2csc(NCCO)n2)C(=O)C1)c1ccccc1. The average molecular weight is 392 g/mol. The Morgan fingerprint density at radius 3 is 2.86 bits per heavy atom. The molecule has 0 saturated carbocycles. The number of benzene rings is 1. The van der Waals surface area contributed by atoms with Gasteiger partial charge in [-0.2, -0.15) is 0 Å². The van der Waals surface area contributed by atoms with Gasteiger partial charge in [-0.15, -0.1) is 11.3 Å². The van der Waals surface area contributed by atoms with Crippen molar-refractivity contribution < 1.29 is 9.90 Å². The molecule has 2 N–H and O–H groups in total. The van der Waals surface area contributed by atoms with Crippen molar-refractivity contribution in [2.45, 2.75) is 19.3 Å².